The number of esters is 3. The van der Waals surface area contributed by atoms with E-state index in [1.165, 1.54) is 90.6 Å². The molecule has 39 heavy (non-hydrogen) atoms. The van der Waals surface area contributed by atoms with Crippen LogP contribution in [0.4, 0.5) is 0 Å². The van der Waals surface area contributed by atoms with Crippen molar-refractivity contribution < 1.29 is 28.6 Å². The molecule has 0 heterocycles. The van der Waals surface area contributed by atoms with Gasteiger partial charge in [-0.25, -0.2) is 0 Å². The van der Waals surface area contributed by atoms with Crippen LogP contribution in [0.25, 0.3) is 0 Å². The molecule has 0 aromatic carbocycles. The molecule has 0 saturated carbocycles. The third-order valence-corrected chi connectivity index (χ3v) is 8.16. The summed E-state index contributed by atoms with van der Waals surface area (Å²) < 4.78 is 15.7. The summed E-state index contributed by atoms with van der Waals surface area (Å²) in [6.45, 7) is 9.86. The first-order valence-corrected chi connectivity index (χ1v) is 16.5. The number of alkyl halides is 1. The minimum Gasteiger partial charge on any atom is -0.469 e. The van der Waals surface area contributed by atoms with Crippen molar-refractivity contribution in [1.82, 2.24) is 0 Å². The zero-order valence-electron chi connectivity index (χ0n) is 26.0. The molecule has 0 saturated heterocycles. The van der Waals surface area contributed by atoms with Gasteiger partial charge in [0.2, 0.25) is 0 Å². The Hall–Kier alpha value is -1.11. The topological polar surface area (TPSA) is 78.9 Å². The number of carbonyl (C=O) groups excluding carboxylic acids is 3. The van der Waals surface area contributed by atoms with Gasteiger partial charge in [0.1, 0.15) is 4.83 Å². The lowest BCUT2D eigenvalue weighted by Crippen LogP contribution is -2.41. The lowest BCUT2D eigenvalue weighted by molar-refractivity contribution is -0.161. The second-order valence-corrected chi connectivity index (χ2v) is 13.1. The van der Waals surface area contributed by atoms with Crippen LogP contribution >= 0.6 is 15.9 Å². The second-order valence-electron chi connectivity index (χ2n) is 12.0. The number of unbranched alkanes of at least 4 members (excludes halogenated alkanes) is 15. The maximum Gasteiger partial charge on any atom is 0.319 e. The van der Waals surface area contributed by atoms with Crippen LogP contribution in [0.2, 0.25) is 0 Å². The van der Waals surface area contributed by atoms with Crippen molar-refractivity contribution in [3.63, 3.8) is 0 Å². The summed E-state index contributed by atoms with van der Waals surface area (Å²) in [6, 6.07) is 0. The van der Waals surface area contributed by atoms with Gasteiger partial charge in [-0.2, -0.15) is 0 Å². The van der Waals surface area contributed by atoms with Crippen molar-refractivity contribution in [2.45, 2.75) is 155 Å². The van der Waals surface area contributed by atoms with Gasteiger partial charge in [-0.15, -0.1) is 0 Å². The van der Waals surface area contributed by atoms with E-state index in [4.69, 9.17) is 14.2 Å². The molecule has 0 bridgehead atoms. The molecule has 0 amide bonds. The lowest BCUT2D eigenvalue weighted by atomic mass is 9.71. The van der Waals surface area contributed by atoms with Crippen LogP contribution < -0.4 is 0 Å². The van der Waals surface area contributed by atoms with Crippen LogP contribution in [-0.2, 0) is 28.6 Å². The fraction of sp³-hybridized carbons (Fsp3) is 0.906. The Balaban J connectivity index is 4.07. The number of halogens is 1. The third kappa shape index (κ3) is 18.0. The van der Waals surface area contributed by atoms with E-state index in [1.54, 1.807) is 27.7 Å². The Morgan fingerprint density at radius 1 is 0.667 bits per heavy atom. The number of methoxy groups -OCH3 is 1. The highest BCUT2D eigenvalue weighted by molar-refractivity contribution is 9.10. The molecule has 2 unspecified atom stereocenters. The standard InChI is InChI=1S/C32H59BrO6/c1-7-9-10-11-12-13-14-15-16-17-18-19-20-21-22-23-24-39-28(34)27(33)25-32(5,30(36)37-6)26-31(3,4)29(35)38-8-2/h27H,7-26H2,1-6H3. The summed E-state index contributed by atoms with van der Waals surface area (Å²) in [7, 11) is 1.32. The van der Waals surface area contributed by atoms with E-state index in [2.05, 4.69) is 22.9 Å². The monoisotopic (exact) mass is 618 g/mol. The molecule has 0 spiro atoms. The molecule has 0 aliphatic rings. The minimum atomic E-state index is -1.05. The zero-order valence-corrected chi connectivity index (χ0v) is 27.6. The average Bonchev–Trinajstić information content (AvgIpc) is 2.89. The van der Waals surface area contributed by atoms with E-state index in [1.807, 2.05) is 0 Å². The molecule has 230 valence electrons. The van der Waals surface area contributed by atoms with Crippen LogP contribution in [0, 0.1) is 10.8 Å². The lowest BCUT2D eigenvalue weighted by Gasteiger charge is -2.34. The van der Waals surface area contributed by atoms with E-state index >= 15 is 0 Å². The van der Waals surface area contributed by atoms with Gasteiger partial charge in [0, 0.05) is 0 Å². The number of ether oxygens (including phenoxy) is 3. The maximum absolute atomic E-state index is 12.6. The summed E-state index contributed by atoms with van der Waals surface area (Å²) in [5, 5.41) is 0. The van der Waals surface area contributed by atoms with Gasteiger partial charge in [-0.05, 0) is 47.0 Å². The Kier molecular flexibility index (Phi) is 21.9. The molecule has 0 aromatic heterocycles. The largest absolute Gasteiger partial charge is 0.469 e. The Morgan fingerprint density at radius 2 is 1.10 bits per heavy atom. The fourth-order valence-electron chi connectivity index (χ4n) is 5.24. The first kappa shape index (κ1) is 37.9. The van der Waals surface area contributed by atoms with Crippen LogP contribution in [0.5, 0.6) is 0 Å². The zero-order chi connectivity index (χ0) is 29.6. The average molecular weight is 620 g/mol. The second kappa shape index (κ2) is 22.6. The molecule has 2 atom stereocenters. The number of carbonyl (C=O) groups is 3. The molecule has 0 radical (unpaired) electrons. The summed E-state index contributed by atoms with van der Waals surface area (Å²) in [6.07, 6.45) is 21.1. The normalized spacial score (nSPS) is 13.9. The van der Waals surface area contributed by atoms with Gasteiger partial charge in [-0.1, -0.05) is 119 Å². The fourth-order valence-corrected chi connectivity index (χ4v) is 6.09. The highest BCUT2D eigenvalue weighted by Crippen LogP contribution is 2.40. The van der Waals surface area contributed by atoms with Gasteiger partial charge in [0.05, 0.1) is 31.2 Å². The van der Waals surface area contributed by atoms with E-state index in [9.17, 15) is 14.4 Å². The quantitative estimate of drug-likeness (QED) is 0.0439. The molecular weight excluding hydrogens is 560 g/mol. The van der Waals surface area contributed by atoms with Gasteiger partial charge >= 0.3 is 17.9 Å². The maximum atomic E-state index is 12.6. The first-order chi connectivity index (χ1) is 18.5. The Bertz CT molecular complexity index is 665. The van der Waals surface area contributed by atoms with Crippen LogP contribution in [0.1, 0.15) is 150 Å². The van der Waals surface area contributed by atoms with Gasteiger partial charge in [-0.3, -0.25) is 14.4 Å². The predicted octanol–water partition coefficient (Wildman–Crippen LogP) is 9.10. The number of hydrogen-bond acceptors (Lipinski definition) is 6. The molecule has 0 fully saturated rings. The Labute approximate surface area is 248 Å². The molecular formula is C32H59BrO6. The number of hydrogen-bond donors (Lipinski definition) is 0. The van der Waals surface area contributed by atoms with E-state index < -0.39 is 21.6 Å². The smallest absolute Gasteiger partial charge is 0.319 e. The van der Waals surface area contributed by atoms with Crippen molar-refractivity contribution in [2.24, 2.45) is 10.8 Å². The molecule has 7 heteroatoms. The highest BCUT2D eigenvalue weighted by Gasteiger charge is 2.45. The van der Waals surface area contributed by atoms with E-state index in [0.717, 1.165) is 19.3 Å². The first-order valence-electron chi connectivity index (χ1n) is 15.6. The van der Waals surface area contributed by atoms with E-state index in [0.29, 0.717) is 6.61 Å². The van der Waals surface area contributed by atoms with Crippen molar-refractivity contribution >= 4 is 33.8 Å². The van der Waals surface area contributed by atoms with Crippen molar-refractivity contribution in [2.75, 3.05) is 20.3 Å². The summed E-state index contributed by atoms with van der Waals surface area (Å²) in [4.78, 5) is 36.9. The van der Waals surface area contributed by atoms with Crippen LogP contribution in [-0.4, -0.2) is 43.1 Å². The van der Waals surface area contributed by atoms with Crippen molar-refractivity contribution in [1.29, 1.82) is 0 Å². The summed E-state index contributed by atoms with van der Waals surface area (Å²) >= 11 is 3.40. The van der Waals surface area contributed by atoms with Gasteiger partial charge in [0.15, 0.2) is 0 Å². The summed E-state index contributed by atoms with van der Waals surface area (Å²) in [5.74, 6) is -1.23. The van der Waals surface area contributed by atoms with Crippen molar-refractivity contribution in [3.05, 3.63) is 0 Å². The SMILES string of the molecule is CCCCCCCCCCCCCCCCCCOC(=O)C(Br)CC(C)(CC(C)(C)C(=O)OCC)C(=O)OC. The third-order valence-electron chi connectivity index (χ3n) is 7.47. The van der Waals surface area contributed by atoms with Gasteiger partial charge in [0.25, 0.3) is 0 Å². The molecule has 0 aliphatic heterocycles. The van der Waals surface area contributed by atoms with E-state index in [-0.39, 0.29) is 31.4 Å². The molecule has 0 rings (SSSR count). The molecule has 0 N–H and O–H groups in total. The van der Waals surface area contributed by atoms with Crippen molar-refractivity contribution in [3.8, 4) is 0 Å². The molecule has 0 aromatic rings. The molecule has 6 nitrogen and oxygen atoms in total. The highest BCUT2D eigenvalue weighted by atomic mass is 79.9. The predicted molar refractivity (Wildman–Crippen MR) is 163 cm³/mol. The number of rotatable bonds is 25. The Morgan fingerprint density at radius 3 is 1.51 bits per heavy atom. The molecule has 0 aliphatic carbocycles. The minimum absolute atomic E-state index is 0.167. The van der Waals surface area contributed by atoms with Crippen LogP contribution in [0.15, 0.2) is 0 Å². The summed E-state index contributed by atoms with van der Waals surface area (Å²) in [5.41, 5.74) is -1.95. The van der Waals surface area contributed by atoms with Gasteiger partial charge < -0.3 is 14.2 Å². The van der Waals surface area contributed by atoms with Crippen LogP contribution in [0.3, 0.4) is 0 Å².